The van der Waals surface area contributed by atoms with Gasteiger partial charge in [0.2, 0.25) is 0 Å². The van der Waals surface area contributed by atoms with E-state index in [4.69, 9.17) is 9.47 Å². The predicted octanol–water partition coefficient (Wildman–Crippen LogP) is 15.1. The summed E-state index contributed by atoms with van der Waals surface area (Å²) in [6, 6.07) is 0. The Morgan fingerprint density at radius 3 is 0.846 bits per heavy atom. The summed E-state index contributed by atoms with van der Waals surface area (Å²) in [7, 11) is 0. The Balaban J connectivity index is 3.43. The molecule has 52 heavy (non-hydrogen) atoms. The molecule has 5 heteroatoms. The number of rotatable bonds is 44. The number of aliphatic hydroxyl groups is 1. The first kappa shape index (κ1) is 50.9. The van der Waals surface area contributed by atoms with Crippen LogP contribution in [0.2, 0.25) is 0 Å². The van der Waals surface area contributed by atoms with Crippen molar-refractivity contribution in [3.8, 4) is 0 Å². The summed E-state index contributed by atoms with van der Waals surface area (Å²) in [5, 5.41) is 9.60. The van der Waals surface area contributed by atoms with E-state index < -0.39 is 6.10 Å². The Morgan fingerprint density at radius 1 is 0.365 bits per heavy atom. The zero-order chi connectivity index (χ0) is 37.8. The van der Waals surface area contributed by atoms with Crippen molar-refractivity contribution >= 4 is 11.9 Å². The van der Waals surface area contributed by atoms with Gasteiger partial charge in [-0.05, 0) is 12.8 Å². The van der Waals surface area contributed by atoms with Gasteiger partial charge in [0, 0.05) is 12.8 Å². The van der Waals surface area contributed by atoms with Crippen LogP contribution >= 0.6 is 0 Å². The van der Waals surface area contributed by atoms with Crippen LogP contribution in [0.5, 0.6) is 0 Å². The van der Waals surface area contributed by atoms with Gasteiger partial charge in [0.25, 0.3) is 0 Å². The maximum absolute atomic E-state index is 12.2. The minimum Gasteiger partial charge on any atom is -0.462 e. The highest BCUT2D eigenvalue weighted by molar-refractivity contribution is 5.70. The highest BCUT2D eigenvalue weighted by atomic mass is 16.6. The van der Waals surface area contributed by atoms with Crippen LogP contribution < -0.4 is 0 Å². The maximum Gasteiger partial charge on any atom is 0.306 e. The van der Waals surface area contributed by atoms with Crippen LogP contribution in [0, 0.1) is 0 Å². The van der Waals surface area contributed by atoms with E-state index in [9.17, 15) is 14.7 Å². The number of esters is 2. The summed E-state index contributed by atoms with van der Waals surface area (Å²) in [5.41, 5.74) is 0. The second-order valence-corrected chi connectivity index (χ2v) is 16.2. The molecule has 0 aromatic carbocycles. The van der Waals surface area contributed by atoms with Crippen molar-refractivity contribution in [2.45, 2.75) is 277 Å². The highest BCUT2D eigenvalue weighted by Gasteiger charge is 2.16. The summed E-state index contributed by atoms with van der Waals surface area (Å²) in [4.78, 5) is 24.4. The van der Waals surface area contributed by atoms with Gasteiger partial charge in [-0.1, -0.05) is 245 Å². The second-order valence-electron chi connectivity index (χ2n) is 16.2. The second kappa shape index (κ2) is 44.3. The number of carbonyl (C=O) groups is 2. The normalized spacial score (nSPS) is 12.0. The zero-order valence-electron chi connectivity index (χ0n) is 35.4. The predicted molar refractivity (Wildman–Crippen MR) is 224 cm³/mol. The molecule has 0 unspecified atom stereocenters. The Bertz CT molecular complexity index is 710. The van der Waals surface area contributed by atoms with Gasteiger partial charge < -0.3 is 14.6 Å². The van der Waals surface area contributed by atoms with Crippen molar-refractivity contribution in [2.24, 2.45) is 0 Å². The van der Waals surface area contributed by atoms with Crippen molar-refractivity contribution in [3.63, 3.8) is 0 Å². The van der Waals surface area contributed by atoms with Crippen molar-refractivity contribution in [2.75, 3.05) is 13.2 Å². The lowest BCUT2D eigenvalue weighted by molar-refractivity contribution is -0.161. The van der Waals surface area contributed by atoms with Crippen LogP contribution in [0.4, 0.5) is 0 Å². The van der Waals surface area contributed by atoms with E-state index in [0.717, 1.165) is 32.1 Å². The van der Waals surface area contributed by atoms with Crippen molar-refractivity contribution in [1.82, 2.24) is 0 Å². The van der Waals surface area contributed by atoms with E-state index in [-0.39, 0.29) is 25.2 Å². The molecule has 310 valence electrons. The summed E-state index contributed by atoms with van der Waals surface area (Å²) in [6.07, 6.45) is 50.4. The van der Waals surface area contributed by atoms with Crippen LogP contribution in [0.25, 0.3) is 0 Å². The molecule has 0 aromatic heterocycles. The number of hydrogen-bond acceptors (Lipinski definition) is 5. The molecule has 0 saturated carbocycles. The van der Waals surface area contributed by atoms with Crippen LogP contribution in [-0.2, 0) is 19.1 Å². The quantitative estimate of drug-likeness (QED) is 0.0498. The molecule has 0 bridgehead atoms. The van der Waals surface area contributed by atoms with Crippen molar-refractivity contribution in [3.05, 3.63) is 0 Å². The minimum absolute atomic E-state index is 0.0563. The molecule has 0 rings (SSSR count). The average Bonchev–Trinajstić information content (AvgIpc) is 3.15. The van der Waals surface area contributed by atoms with Gasteiger partial charge in [-0.25, -0.2) is 0 Å². The smallest absolute Gasteiger partial charge is 0.306 e. The first-order chi connectivity index (χ1) is 25.6. The Kier molecular flexibility index (Phi) is 43.4. The molecular weight excluding hydrogens is 645 g/mol. The summed E-state index contributed by atoms with van der Waals surface area (Å²) in [5.74, 6) is -0.569. The molecule has 0 spiro atoms. The molecular formula is C47H92O5. The fourth-order valence-electron chi connectivity index (χ4n) is 7.32. The van der Waals surface area contributed by atoms with E-state index in [1.165, 1.54) is 212 Å². The third kappa shape index (κ3) is 41.7. The number of carbonyl (C=O) groups excluding carboxylic acids is 2. The molecule has 0 radical (unpaired) electrons. The van der Waals surface area contributed by atoms with Gasteiger partial charge in [0.15, 0.2) is 6.10 Å². The first-order valence-corrected chi connectivity index (χ1v) is 23.6. The number of unbranched alkanes of at least 4 members (excludes halogenated alkanes) is 36. The van der Waals surface area contributed by atoms with Crippen LogP contribution in [-0.4, -0.2) is 36.4 Å². The monoisotopic (exact) mass is 737 g/mol. The molecule has 0 aliphatic heterocycles. The topological polar surface area (TPSA) is 72.8 Å². The number of aliphatic hydroxyl groups excluding tert-OH is 1. The molecule has 0 fully saturated rings. The summed E-state index contributed by atoms with van der Waals surface area (Å²) >= 11 is 0. The van der Waals surface area contributed by atoms with Crippen molar-refractivity contribution < 1.29 is 24.2 Å². The van der Waals surface area contributed by atoms with Gasteiger partial charge in [-0.3, -0.25) is 9.59 Å². The third-order valence-corrected chi connectivity index (χ3v) is 10.9. The van der Waals surface area contributed by atoms with Crippen LogP contribution in [0.15, 0.2) is 0 Å². The maximum atomic E-state index is 12.2. The molecule has 0 saturated heterocycles. The minimum atomic E-state index is -0.762. The lowest BCUT2D eigenvalue weighted by Crippen LogP contribution is -2.28. The van der Waals surface area contributed by atoms with Gasteiger partial charge in [0.1, 0.15) is 6.61 Å². The van der Waals surface area contributed by atoms with Gasteiger partial charge in [-0.15, -0.1) is 0 Å². The number of hydrogen-bond donors (Lipinski definition) is 1. The fourth-order valence-corrected chi connectivity index (χ4v) is 7.32. The van der Waals surface area contributed by atoms with Crippen LogP contribution in [0.1, 0.15) is 271 Å². The highest BCUT2D eigenvalue weighted by Crippen LogP contribution is 2.17. The lowest BCUT2D eigenvalue weighted by atomic mass is 10.0. The largest absolute Gasteiger partial charge is 0.462 e. The summed E-state index contributed by atoms with van der Waals surface area (Å²) in [6.45, 7) is 4.19. The molecule has 0 aliphatic rings. The molecule has 0 amide bonds. The fraction of sp³-hybridized carbons (Fsp3) is 0.957. The molecule has 1 atom stereocenters. The molecule has 0 aliphatic carbocycles. The Labute approximate surface area is 325 Å². The van der Waals surface area contributed by atoms with Gasteiger partial charge >= 0.3 is 11.9 Å². The SMILES string of the molecule is CCCCCCCCCCCCCCCCCCCCCCCCC(=O)O[C@@H](CO)COC(=O)CCCCCCCCCCCCCCCCCC. The van der Waals surface area contributed by atoms with Gasteiger partial charge in [-0.2, -0.15) is 0 Å². The van der Waals surface area contributed by atoms with Gasteiger partial charge in [0.05, 0.1) is 6.61 Å². The molecule has 0 aromatic rings. The van der Waals surface area contributed by atoms with E-state index >= 15 is 0 Å². The van der Waals surface area contributed by atoms with E-state index in [0.29, 0.717) is 12.8 Å². The standard InChI is InChI=1S/C47H92O5/c1-3-5-7-9-11-13-15-17-19-21-22-23-24-25-26-28-30-32-34-36-38-40-42-47(50)52-45(43-48)44-51-46(49)41-39-37-35-33-31-29-27-20-18-16-14-12-10-8-6-4-2/h45,48H,3-44H2,1-2H3/t45-/m0/s1. The van der Waals surface area contributed by atoms with E-state index in [1.54, 1.807) is 0 Å². The molecule has 5 nitrogen and oxygen atoms in total. The van der Waals surface area contributed by atoms with E-state index in [1.807, 2.05) is 0 Å². The van der Waals surface area contributed by atoms with Crippen LogP contribution in [0.3, 0.4) is 0 Å². The third-order valence-electron chi connectivity index (χ3n) is 10.9. The number of ether oxygens (including phenoxy) is 2. The van der Waals surface area contributed by atoms with Crippen molar-refractivity contribution in [1.29, 1.82) is 0 Å². The molecule has 1 N–H and O–H groups in total. The Morgan fingerprint density at radius 2 is 0.596 bits per heavy atom. The zero-order valence-corrected chi connectivity index (χ0v) is 35.4. The lowest BCUT2D eigenvalue weighted by Gasteiger charge is -2.15. The average molecular weight is 737 g/mol. The summed E-state index contributed by atoms with van der Waals surface area (Å²) < 4.78 is 10.7. The first-order valence-electron chi connectivity index (χ1n) is 23.6. The van der Waals surface area contributed by atoms with E-state index in [2.05, 4.69) is 13.8 Å². The Hall–Kier alpha value is -1.10. The molecule has 0 heterocycles.